The fourth-order valence-electron chi connectivity index (χ4n) is 1.60. The summed E-state index contributed by atoms with van der Waals surface area (Å²) in [6.07, 6.45) is 1.69. The summed E-state index contributed by atoms with van der Waals surface area (Å²) in [4.78, 5) is 10.2. The van der Waals surface area contributed by atoms with E-state index in [2.05, 4.69) is 15.1 Å². The average Bonchev–Trinajstić information content (AvgIpc) is 3.02. The predicted octanol–water partition coefficient (Wildman–Crippen LogP) is 0.910. The molecular weight excluding hydrogens is 318 g/mol. The third-order valence-corrected chi connectivity index (χ3v) is 5.61. The summed E-state index contributed by atoms with van der Waals surface area (Å²) in [6.45, 7) is 0.0176. The Morgan fingerprint density at radius 2 is 2.24 bits per heavy atom. The van der Waals surface area contributed by atoms with Crippen LogP contribution in [0.2, 0.25) is 0 Å². The zero-order valence-electron chi connectivity index (χ0n) is 11.2. The second-order valence-corrected chi connectivity index (χ2v) is 7.14. The first-order chi connectivity index (χ1) is 9.83. The van der Waals surface area contributed by atoms with Crippen molar-refractivity contribution in [2.45, 2.75) is 10.8 Å². The first-order valence-electron chi connectivity index (χ1n) is 5.77. The molecule has 114 valence electrons. The molecule has 2 heterocycles. The molecule has 0 fully saturated rings. The van der Waals surface area contributed by atoms with Gasteiger partial charge in [0.15, 0.2) is 5.00 Å². The molecule has 2 rings (SSSR count). The second-order valence-electron chi connectivity index (χ2n) is 4.09. The van der Waals surface area contributed by atoms with Crippen LogP contribution in [0, 0.1) is 10.1 Å². The van der Waals surface area contributed by atoms with Gasteiger partial charge in [-0.3, -0.25) is 14.8 Å². The number of sulfonamides is 1. The van der Waals surface area contributed by atoms with Crippen LogP contribution < -0.4 is 10.0 Å². The molecule has 2 aromatic rings. The lowest BCUT2D eigenvalue weighted by Gasteiger charge is -2.01. The Kier molecular flexibility index (Phi) is 4.25. The molecule has 9 nitrogen and oxygen atoms in total. The van der Waals surface area contributed by atoms with Crippen molar-refractivity contribution in [2.75, 3.05) is 12.4 Å². The maximum absolute atomic E-state index is 12.1. The molecule has 0 saturated heterocycles. The largest absolute Gasteiger partial charge is 0.374 e. The van der Waals surface area contributed by atoms with Gasteiger partial charge in [0.2, 0.25) is 0 Å². The van der Waals surface area contributed by atoms with E-state index in [9.17, 15) is 18.5 Å². The number of nitro groups is 1. The summed E-state index contributed by atoms with van der Waals surface area (Å²) in [5, 5.41) is 17.7. The lowest BCUT2D eigenvalue weighted by molar-refractivity contribution is -0.383. The Balaban J connectivity index is 2.21. The van der Waals surface area contributed by atoms with Crippen LogP contribution in [0.25, 0.3) is 0 Å². The topological polar surface area (TPSA) is 119 Å². The highest BCUT2D eigenvalue weighted by molar-refractivity contribution is 7.91. The van der Waals surface area contributed by atoms with Gasteiger partial charge in [-0.2, -0.15) is 5.10 Å². The molecule has 2 aromatic heterocycles. The Morgan fingerprint density at radius 3 is 2.71 bits per heavy atom. The SMILES string of the molecule is CNc1sc(S(=O)(=O)NCc2ccn(C)n2)cc1[N+](=O)[O-]. The van der Waals surface area contributed by atoms with Crippen LogP contribution in [0.15, 0.2) is 22.5 Å². The molecule has 0 unspecified atom stereocenters. The van der Waals surface area contributed by atoms with E-state index in [4.69, 9.17) is 0 Å². The van der Waals surface area contributed by atoms with Crippen LogP contribution in [0.5, 0.6) is 0 Å². The van der Waals surface area contributed by atoms with Gasteiger partial charge in [-0.1, -0.05) is 11.3 Å². The lowest BCUT2D eigenvalue weighted by atomic mass is 10.4. The number of aryl methyl sites for hydroxylation is 1. The fourth-order valence-corrected chi connectivity index (χ4v) is 3.93. The first-order valence-corrected chi connectivity index (χ1v) is 8.07. The van der Waals surface area contributed by atoms with Gasteiger partial charge in [0.05, 0.1) is 17.2 Å². The summed E-state index contributed by atoms with van der Waals surface area (Å²) in [6, 6.07) is 2.72. The van der Waals surface area contributed by atoms with E-state index in [0.29, 0.717) is 5.69 Å². The van der Waals surface area contributed by atoms with Crippen molar-refractivity contribution in [3.8, 4) is 0 Å². The summed E-state index contributed by atoms with van der Waals surface area (Å²) >= 11 is 0.806. The Morgan fingerprint density at radius 1 is 1.52 bits per heavy atom. The zero-order valence-corrected chi connectivity index (χ0v) is 12.9. The van der Waals surface area contributed by atoms with E-state index in [-0.39, 0.29) is 21.4 Å². The number of anilines is 1. The highest BCUT2D eigenvalue weighted by Gasteiger charge is 2.25. The molecule has 0 aromatic carbocycles. The summed E-state index contributed by atoms with van der Waals surface area (Å²) in [7, 11) is -0.601. The molecule has 0 amide bonds. The fraction of sp³-hybridized carbons (Fsp3) is 0.300. The molecule has 0 aliphatic heterocycles. The Labute approximate surface area is 124 Å². The van der Waals surface area contributed by atoms with Gasteiger partial charge in [-0.15, -0.1) is 0 Å². The monoisotopic (exact) mass is 331 g/mol. The van der Waals surface area contributed by atoms with Gasteiger partial charge in [0.25, 0.3) is 10.0 Å². The molecule has 2 N–H and O–H groups in total. The van der Waals surface area contributed by atoms with Crippen LogP contribution in [0.3, 0.4) is 0 Å². The molecule has 0 aliphatic rings. The van der Waals surface area contributed by atoms with Crippen molar-refractivity contribution < 1.29 is 13.3 Å². The normalized spacial score (nSPS) is 11.5. The summed E-state index contributed by atoms with van der Waals surface area (Å²) < 4.78 is 28.1. The van der Waals surface area contributed by atoms with Gasteiger partial charge < -0.3 is 5.32 Å². The van der Waals surface area contributed by atoms with Gasteiger partial charge in [0.1, 0.15) is 4.21 Å². The maximum Gasteiger partial charge on any atom is 0.304 e. The van der Waals surface area contributed by atoms with Gasteiger partial charge in [-0.25, -0.2) is 13.1 Å². The molecule has 11 heteroatoms. The zero-order chi connectivity index (χ0) is 15.6. The number of rotatable bonds is 6. The molecule has 0 bridgehead atoms. The highest BCUT2D eigenvalue weighted by Crippen LogP contribution is 2.36. The predicted molar refractivity (Wildman–Crippen MR) is 77.8 cm³/mol. The minimum absolute atomic E-state index is 0.0176. The standard InChI is InChI=1S/C10H13N5O4S2/c1-11-10-8(15(16)17)5-9(20-10)21(18,19)12-6-7-3-4-14(2)13-7/h3-5,11-12H,6H2,1-2H3. The smallest absolute Gasteiger partial charge is 0.304 e. The van der Waals surface area contributed by atoms with E-state index in [1.54, 1.807) is 24.0 Å². The molecule has 0 aliphatic carbocycles. The highest BCUT2D eigenvalue weighted by atomic mass is 32.2. The van der Waals surface area contributed by atoms with Crippen molar-refractivity contribution in [3.05, 3.63) is 34.1 Å². The third kappa shape index (κ3) is 3.37. The second kappa shape index (κ2) is 5.79. The minimum Gasteiger partial charge on any atom is -0.374 e. The first kappa shape index (κ1) is 15.4. The van der Waals surface area contributed by atoms with Crippen molar-refractivity contribution in [1.29, 1.82) is 0 Å². The van der Waals surface area contributed by atoms with Crippen LogP contribution in [0.1, 0.15) is 5.69 Å². The lowest BCUT2D eigenvalue weighted by Crippen LogP contribution is -2.22. The van der Waals surface area contributed by atoms with Gasteiger partial charge in [0, 0.05) is 26.4 Å². The summed E-state index contributed by atoms with van der Waals surface area (Å²) in [5.74, 6) is 0. The molecular formula is C10H13N5O4S2. The molecule has 0 atom stereocenters. The maximum atomic E-state index is 12.1. The summed E-state index contributed by atoms with van der Waals surface area (Å²) in [5.41, 5.74) is 0.293. The van der Waals surface area contributed by atoms with E-state index >= 15 is 0 Å². The average molecular weight is 331 g/mol. The van der Waals surface area contributed by atoms with Crippen molar-refractivity contribution in [3.63, 3.8) is 0 Å². The number of nitrogens with zero attached hydrogens (tertiary/aromatic N) is 3. The van der Waals surface area contributed by atoms with Crippen molar-refractivity contribution in [1.82, 2.24) is 14.5 Å². The molecule has 0 saturated carbocycles. The van der Waals surface area contributed by atoms with Crippen LogP contribution >= 0.6 is 11.3 Å². The number of thiophene rings is 1. The molecule has 0 spiro atoms. The van der Waals surface area contributed by atoms with E-state index in [0.717, 1.165) is 17.4 Å². The number of nitrogens with one attached hydrogen (secondary N) is 2. The van der Waals surface area contributed by atoms with Crippen molar-refractivity contribution in [2.24, 2.45) is 7.05 Å². The van der Waals surface area contributed by atoms with Crippen LogP contribution in [0.4, 0.5) is 10.7 Å². The number of aromatic nitrogens is 2. The van der Waals surface area contributed by atoms with Gasteiger partial charge in [-0.05, 0) is 6.07 Å². The Hall–Kier alpha value is -1.98. The minimum atomic E-state index is -3.82. The number of hydrogen-bond acceptors (Lipinski definition) is 7. The van der Waals surface area contributed by atoms with E-state index in [1.165, 1.54) is 7.05 Å². The van der Waals surface area contributed by atoms with Gasteiger partial charge >= 0.3 is 5.69 Å². The molecule has 21 heavy (non-hydrogen) atoms. The number of hydrogen-bond donors (Lipinski definition) is 2. The van der Waals surface area contributed by atoms with Crippen molar-refractivity contribution >= 4 is 32.0 Å². The molecule has 0 radical (unpaired) electrons. The van der Waals surface area contributed by atoms with E-state index in [1.807, 2.05) is 0 Å². The van der Waals surface area contributed by atoms with Crippen LogP contribution in [-0.2, 0) is 23.6 Å². The van der Waals surface area contributed by atoms with E-state index < -0.39 is 14.9 Å². The van der Waals surface area contributed by atoms with Crippen LogP contribution in [-0.4, -0.2) is 30.2 Å². The quantitative estimate of drug-likeness (QED) is 0.600. The third-order valence-electron chi connectivity index (χ3n) is 2.59. The Bertz CT molecular complexity index is 764.